The van der Waals surface area contributed by atoms with Crippen molar-refractivity contribution in [3.05, 3.63) is 30.0 Å². The predicted octanol–water partition coefficient (Wildman–Crippen LogP) is 1.41. The molecule has 4 nitrogen and oxygen atoms in total. The second-order valence-corrected chi connectivity index (χ2v) is 4.56. The predicted molar refractivity (Wildman–Crippen MR) is 62.2 cm³/mol. The maximum absolute atomic E-state index is 13.7. The van der Waals surface area contributed by atoms with E-state index in [9.17, 15) is 4.39 Å². The second kappa shape index (κ2) is 4.41. The normalized spacial score (nSPS) is 17.7. The number of piperidine rings is 1. The molecular formula is C12H15FN4. The summed E-state index contributed by atoms with van der Waals surface area (Å²) < 4.78 is 15.2. The van der Waals surface area contributed by atoms with Crippen molar-refractivity contribution in [2.45, 2.75) is 19.3 Å². The first-order chi connectivity index (χ1) is 8.34. The lowest BCUT2D eigenvalue weighted by Crippen LogP contribution is -2.29. The van der Waals surface area contributed by atoms with Crippen LogP contribution >= 0.6 is 0 Å². The molecule has 0 amide bonds. The van der Waals surface area contributed by atoms with E-state index in [0.29, 0.717) is 11.6 Å². The van der Waals surface area contributed by atoms with Crippen molar-refractivity contribution in [2.24, 2.45) is 5.92 Å². The van der Waals surface area contributed by atoms with Crippen LogP contribution < -0.4 is 5.32 Å². The summed E-state index contributed by atoms with van der Waals surface area (Å²) in [4.78, 5) is 0. The molecule has 1 saturated heterocycles. The van der Waals surface area contributed by atoms with Gasteiger partial charge in [0.2, 0.25) is 5.95 Å². The lowest BCUT2D eigenvalue weighted by Gasteiger charge is -2.21. The van der Waals surface area contributed by atoms with Crippen LogP contribution in [0.4, 0.5) is 4.39 Å². The van der Waals surface area contributed by atoms with Gasteiger partial charge in [-0.1, -0.05) is 6.07 Å². The van der Waals surface area contributed by atoms with Gasteiger partial charge in [0.1, 0.15) is 5.82 Å². The van der Waals surface area contributed by atoms with Gasteiger partial charge in [-0.05, 0) is 44.0 Å². The van der Waals surface area contributed by atoms with Crippen molar-refractivity contribution in [3.63, 3.8) is 0 Å². The fourth-order valence-corrected chi connectivity index (χ4v) is 2.44. The topological polar surface area (TPSA) is 42.2 Å². The van der Waals surface area contributed by atoms with Crippen molar-refractivity contribution in [1.29, 1.82) is 0 Å². The highest BCUT2D eigenvalue weighted by atomic mass is 19.1. The number of hydrogen-bond acceptors (Lipinski definition) is 3. The van der Waals surface area contributed by atoms with Crippen molar-refractivity contribution in [3.8, 4) is 0 Å². The first-order valence-corrected chi connectivity index (χ1v) is 6.04. The molecule has 2 aromatic rings. The molecule has 90 valence electrons. The molecule has 1 aliphatic rings. The molecule has 2 aromatic heterocycles. The summed E-state index contributed by atoms with van der Waals surface area (Å²) in [5.74, 6) is 1.05. The van der Waals surface area contributed by atoms with Gasteiger partial charge >= 0.3 is 0 Å². The summed E-state index contributed by atoms with van der Waals surface area (Å²) in [5, 5.41) is 11.4. The Balaban J connectivity index is 1.89. The van der Waals surface area contributed by atoms with Gasteiger partial charge in [-0.3, -0.25) is 4.40 Å². The molecule has 5 heteroatoms. The van der Waals surface area contributed by atoms with E-state index in [1.165, 1.54) is 10.5 Å². The Morgan fingerprint density at radius 1 is 1.29 bits per heavy atom. The molecule has 0 atom stereocenters. The number of halogens is 1. The van der Waals surface area contributed by atoms with Crippen molar-refractivity contribution in [2.75, 3.05) is 13.1 Å². The highest BCUT2D eigenvalue weighted by Crippen LogP contribution is 2.18. The van der Waals surface area contributed by atoms with Gasteiger partial charge < -0.3 is 5.32 Å². The van der Waals surface area contributed by atoms with Crippen LogP contribution in [0.25, 0.3) is 5.65 Å². The Bertz CT molecular complexity index is 516. The van der Waals surface area contributed by atoms with E-state index in [1.54, 1.807) is 12.1 Å². The second-order valence-electron chi connectivity index (χ2n) is 4.56. The summed E-state index contributed by atoms with van der Waals surface area (Å²) in [5.41, 5.74) is 0.592. The van der Waals surface area contributed by atoms with Crippen LogP contribution in [0, 0.1) is 11.9 Å². The van der Waals surface area contributed by atoms with E-state index in [0.717, 1.165) is 38.2 Å². The summed E-state index contributed by atoms with van der Waals surface area (Å²) in [6, 6.07) is 4.89. The fraction of sp³-hybridized carbons (Fsp3) is 0.500. The molecule has 0 aliphatic carbocycles. The summed E-state index contributed by atoms with van der Waals surface area (Å²) in [6.45, 7) is 2.09. The monoisotopic (exact) mass is 234 g/mol. The van der Waals surface area contributed by atoms with Crippen LogP contribution in [0.3, 0.4) is 0 Å². The van der Waals surface area contributed by atoms with Crippen LogP contribution in [0.15, 0.2) is 18.2 Å². The third-order valence-corrected chi connectivity index (χ3v) is 3.38. The maximum atomic E-state index is 13.7. The van der Waals surface area contributed by atoms with Gasteiger partial charge in [0.05, 0.1) is 0 Å². The van der Waals surface area contributed by atoms with Gasteiger partial charge in [0, 0.05) is 6.42 Å². The molecule has 17 heavy (non-hydrogen) atoms. The first kappa shape index (κ1) is 10.7. The first-order valence-electron chi connectivity index (χ1n) is 6.04. The van der Waals surface area contributed by atoms with Gasteiger partial charge in [0.25, 0.3) is 0 Å². The Hall–Kier alpha value is -1.49. The smallest absolute Gasteiger partial charge is 0.200 e. The third kappa shape index (κ3) is 2.02. The molecule has 0 saturated carbocycles. The standard InChI is InChI=1S/C12H15FN4/c13-10-2-1-3-11-15-16-12(17(10)11)8-9-4-6-14-7-5-9/h1-3,9,14H,4-8H2. The number of hydrogen-bond donors (Lipinski definition) is 1. The molecule has 0 radical (unpaired) electrons. The van der Waals surface area contributed by atoms with Crippen LogP contribution in [-0.4, -0.2) is 27.7 Å². The number of rotatable bonds is 2. The van der Waals surface area contributed by atoms with Gasteiger partial charge in [0.15, 0.2) is 5.65 Å². The third-order valence-electron chi connectivity index (χ3n) is 3.38. The zero-order valence-electron chi connectivity index (χ0n) is 9.56. The molecular weight excluding hydrogens is 219 g/mol. The quantitative estimate of drug-likeness (QED) is 0.799. The highest BCUT2D eigenvalue weighted by molar-refractivity contribution is 5.37. The minimum absolute atomic E-state index is 0.281. The largest absolute Gasteiger partial charge is 0.317 e. The Morgan fingerprint density at radius 3 is 2.94 bits per heavy atom. The molecule has 0 spiro atoms. The minimum atomic E-state index is -0.281. The molecule has 0 aromatic carbocycles. The SMILES string of the molecule is Fc1cccc2nnc(CC3CCNCC3)n12. The van der Waals surface area contributed by atoms with Crippen molar-refractivity contribution < 1.29 is 4.39 Å². The molecule has 0 bridgehead atoms. The summed E-state index contributed by atoms with van der Waals surface area (Å²) >= 11 is 0. The molecule has 0 unspecified atom stereocenters. The van der Waals surface area contributed by atoms with E-state index in [-0.39, 0.29) is 5.95 Å². The number of nitrogens with one attached hydrogen (secondary N) is 1. The van der Waals surface area contributed by atoms with Gasteiger partial charge in [-0.25, -0.2) is 0 Å². The van der Waals surface area contributed by atoms with E-state index in [2.05, 4.69) is 15.5 Å². The average molecular weight is 234 g/mol. The van der Waals surface area contributed by atoms with E-state index in [1.807, 2.05) is 0 Å². The van der Waals surface area contributed by atoms with Crippen LogP contribution in [0.5, 0.6) is 0 Å². The number of nitrogens with zero attached hydrogens (tertiary/aromatic N) is 3. The molecule has 1 fully saturated rings. The van der Waals surface area contributed by atoms with E-state index < -0.39 is 0 Å². The van der Waals surface area contributed by atoms with Crippen molar-refractivity contribution in [1.82, 2.24) is 19.9 Å². The number of fused-ring (bicyclic) bond motifs is 1. The highest BCUT2D eigenvalue weighted by Gasteiger charge is 2.17. The minimum Gasteiger partial charge on any atom is -0.317 e. The molecule has 3 heterocycles. The fourth-order valence-electron chi connectivity index (χ4n) is 2.44. The lowest BCUT2D eigenvalue weighted by atomic mass is 9.94. The van der Waals surface area contributed by atoms with Crippen LogP contribution in [-0.2, 0) is 6.42 Å². The van der Waals surface area contributed by atoms with Gasteiger partial charge in [-0.15, -0.1) is 10.2 Å². The Labute approximate surface area is 98.9 Å². The van der Waals surface area contributed by atoms with Crippen LogP contribution in [0.1, 0.15) is 18.7 Å². The summed E-state index contributed by atoms with van der Waals surface area (Å²) in [7, 11) is 0. The zero-order chi connectivity index (χ0) is 11.7. The zero-order valence-corrected chi connectivity index (χ0v) is 9.56. The number of pyridine rings is 1. The van der Waals surface area contributed by atoms with Crippen LogP contribution in [0.2, 0.25) is 0 Å². The van der Waals surface area contributed by atoms with Crippen molar-refractivity contribution >= 4 is 5.65 Å². The molecule has 1 N–H and O–H groups in total. The van der Waals surface area contributed by atoms with E-state index in [4.69, 9.17) is 0 Å². The Kier molecular flexibility index (Phi) is 2.76. The van der Waals surface area contributed by atoms with Gasteiger partial charge in [-0.2, -0.15) is 4.39 Å². The summed E-state index contributed by atoms with van der Waals surface area (Å²) in [6.07, 6.45) is 3.07. The van der Waals surface area contributed by atoms with E-state index >= 15 is 0 Å². The molecule has 3 rings (SSSR count). The number of aromatic nitrogens is 3. The average Bonchev–Trinajstić information content (AvgIpc) is 2.75. The Morgan fingerprint density at radius 2 is 2.12 bits per heavy atom. The maximum Gasteiger partial charge on any atom is 0.200 e. The molecule has 1 aliphatic heterocycles. The lowest BCUT2D eigenvalue weighted by molar-refractivity contribution is 0.364.